The topological polar surface area (TPSA) is 35.6 Å². The van der Waals surface area contributed by atoms with Gasteiger partial charge in [0.2, 0.25) is 0 Å². The van der Waals surface area contributed by atoms with E-state index in [9.17, 15) is 13.6 Å². The van der Waals surface area contributed by atoms with Gasteiger partial charge in [-0.15, -0.1) is 0 Å². The first-order valence-electron chi connectivity index (χ1n) is 10.3. The summed E-state index contributed by atoms with van der Waals surface area (Å²) in [5.74, 6) is -1.20. The number of likely N-dealkylation sites (tertiary alicyclic amines) is 2. The molecule has 2 amide bonds. The summed E-state index contributed by atoms with van der Waals surface area (Å²) < 4.78 is 26.4. The lowest BCUT2D eigenvalue weighted by Crippen LogP contribution is -2.48. The van der Waals surface area contributed by atoms with Crippen LogP contribution < -0.4 is 5.32 Å². The standard InChI is InChI=1S/C23H27F2N3O/c24-21-7-6-17(14-22(21)25)15-27-11-9-20(10-12-27)26-23(29)28-13-8-19(16-28)18-4-2-1-3-5-18/h1-7,14,19-20H,8-13,15-16H2,(H,26,29). The Morgan fingerprint density at radius 2 is 1.72 bits per heavy atom. The number of urea groups is 1. The molecule has 29 heavy (non-hydrogen) atoms. The molecule has 0 bridgehead atoms. The molecule has 2 aromatic carbocycles. The van der Waals surface area contributed by atoms with Gasteiger partial charge >= 0.3 is 6.03 Å². The maximum atomic E-state index is 13.4. The Labute approximate surface area is 170 Å². The van der Waals surface area contributed by atoms with E-state index < -0.39 is 11.6 Å². The Kier molecular flexibility index (Phi) is 6.09. The molecule has 0 radical (unpaired) electrons. The van der Waals surface area contributed by atoms with E-state index in [0.29, 0.717) is 12.5 Å². The highest BCUT2D eigenvalue weighted by Crippen LogP contribution is 2.27. The zero-order valence-corrected chi connectivity index (χ0v) is 16.5. The van der Waals surface area contributed by atoms with E-state index in [1.807, 2.05) is 23.1 Å². The zero-order chi connectivity index (χ0) is 20.2. The normalized spacial score (nSPS) is 20.8. The predicted octanol–water partition coefficient (Wildman–Crippen LogP) is 4.13. The van der Waals surface area contributed by atoms with Gasteiger partial charge in [0.1, 0.15) is 0 Å². The maximum absolute atomic E-state index is 13.4. The number of hydrogen-bond donors (Lipinski definition) is 1. The van der Waals surface area contributed by atoms with Crippen LogP contribution in [0.1, 0.15) is 36.3 Å². The molecule has 2 saturated heterocycles. The number of carbonyl (C=O) groups is 1. The van der Waals surface area contributed by atoms with Crippen molar-refractivity contribution in [3.63, 3.8) is 0 Å². The molecule has 6 heteroatoms. The minimum Gasteiger partial charge on any atom is -0.335 e. The van der Waals surface area contributed by atoms with Crippen LogP contribution in [-0.2, 0) is 6.54 Å². The van der Waals surface area contributed by atoms with Crippen molar-refractivity contribution in [2.45, 2.75) is 37.8 Å². The summed E-state index contributed by atoms with van der Waals surface area (Å²) >= 11 is 0. The molecular formula is C23H27F2N3O. The monoisotopic (exact) mass is 399 g/mol. The molecule has 0 aliphatic carbocycles. The Morgan fingerprint density at radius 3 is 2.45 bits per heavy atom. The molecule has 1 unspecified atom stereocenters. The first-order chi connectivity index (χ1) is 14.1. The first-order valence-corrected chi connectivity index (χ1v) is 10.3. The SMILES string of the molecule is O=C(NC1CCN(Cc2ccc(F)c(F)c2)CC1)N1CCC(c2ccccc2)C1. The van der Waals surface area contributed by atoms with Crippen molar-refractivity contribution in [2.24, 2.45) is 0 Å². The Hall–Kier alpha value is -2.47. The second-order valence-electron chi connectivity index (χ2n) is 8.09. The first kappa shape index (κ1) is 19.8. The molecule has 0 saturated carbocycles. The van der Waals surface area contributed by atoms with Crippen LogP contribution in [-0.4, -0.2) is 48.1 Å². The van der Waals surface area contributed by atoms with Gasteiger partial charge in [-0.25, -0.2) is 13.6 Å². The molecule has 4 nitrogen and oxygen atoms in total. The van der Waals surface area contributed by atoms with Crippen LogP contribution in [0.5, 0.6) is 0 Å². The number of amides is 2. The second-order valence-corrected chi connectivity index (χ2v) is 8.09. The maximum Gasteiger partial charge on any atom is 0.317 e. The average molecular weight is 399 g/mol. The fourth-order valence-electron chi connectivity index (χ4n) is 4.34. The van der Waals surface area contributed by atoms with Gasteiger partial charge in [-0.1, -0.05) is 36.4 Å². The van der Waals surface area contributed by atoms with Crippen LogP contribution in [0.15, 0.2) is 48.5 Å². The molecule has 2 heterocycles. The number of hydrogen-bond acceptors (Lipinski definition) is 2. The van der Waals surface area contributed by atoms with Gasteiger partial charge in [-0.05, 0) is 42.5 Å². The smallest absolute Gasteiger partial charge is 0.317 e. The van der Waals surface area contributed by atoms with Gasteiger partial charge in [0, 0.05) is 44.7 Å². The summed E-state index contributed by atoms with van der Waals surface area (Å²) in [6.07, 6.45) is 2.74. The van der Waals surface area contributed by atoms with Crippen LogP contribution in [0.25, 0.3) is 0 Å². The third kappa shape index (κ3) is 4.93. The van der Waals surface area contributed by atoms with E-state index >= 15 is 0 Å². The molecule has 2 aliphatic rings. The van der Waals surface area contributed by atoms with E-state index in [4.69, 9.17) is 0 Å². The number of benzene rings is 2. The minimum absolute atomic E-state index is 0.0301. The molecule has 2 aromatic rings. The molecule has 1 atom stereocenters. The van der Waals surface area contributed by atoms with Crippen molar-refractivity contribution in [3.8, 4) is 0 Å². The fourth-order valence-corrected chi connectivity index (χ4v) is 4.34. The summed E-state index contributed by atoms with van der Waals surface area (Å²) in [7, 11) is 0. The number of halogens is 2. The van der Waals surface area contributed by atoms with Crippen LogP contribution in [0.3, 0.4) is 0 Å². The summed E-state index contributed by atoms with van der Waals surface area (Å²) in [6, 6.07) is 14.6. The second kappa shape index (κ2) is 8.91. The van der Waals surface area contributed by atoms with E-state index in [2.05, 4.69) is 22.3 Å². The molecule has 154 valence electrons. The Bertz CT molecular complexity index is 837. The number of carbonyl (C=O) groups excluding carboxylic acids is 1. The third-order valence-electron chi connectivity index (χ3n) is 6.05. The zero-order valence-electron chi connectivity index (χ0n) is 16.5. The van der Waals surface area contributed by atoms with E-state index in [1.165, 1.54) is 17.7 Å². The number of nitrogens with zero attached hydrogens (tertiary/aromatic N) is 2. The number of rotatable bonds is 4. The highest BCUT2D eigenvalue weighted by molar-refractivity contribution is 5.75. The summed E-state index contributed by atoms with van der Waals surface area (Å²) in [5.41, 5.74) is 2.07. The molecule has 0 spiro atoms. The van der Waals surface area contributed by atoms with Crippen LogP contribution in [0.4, 0.5) is 13.6 Å². The minimum atomic E-state index is -0.813. The lowest BCUT2D eigenvalue weighted by molar-refractivity contribution is 0.173. The highest BCUT2D eigenvalue weighted by Gasteiger charge is 2.29. The predicted molar refractivity (Wildman–Crippen MR) is 109 cm³/mol. The van der Waals surface area contributed by atoms with Crippen molar-refractivity contribution in [1.82, 2.24) is 15.1 Å². The third-order valence-corrected chi connectivity index (χ3v) is 6.05. The molecule has 2 aliphatic heterocycles. The van der Waals surface area contributed by atoms with Crippen molar-refractivity contribution in [1.29, 1.82) is 0 Å². The quantitative estimate of drug-likeness (QED) is 0.839. The van der Waals surface area contributed by atoms with Crippen LogP contribution in [0, 0.1) is 11.6 Å². The van der Waals surface area contributed by atoms with Gasteiger partial charge in [0.15, 0.2) is 11.6 Å². The summed E-state index contributed by atoms with van der Waals surface area (Å²) in [4.78, 5) is 16.8. The van der Waals surface area contributed by atoms with Crippen molar-refractivity contribution in [2.75, 3.05) is 26.2 Å². The van der Waals surface area contributed by atoms with Crippen LogP contribution >= 0.6 is 0 Å². The largest absolute Gasteiger partial charge is 0.335 e. The van der Waals surface area contributed by atoms with Crippen molar-refractivity contribution in [3.05, 3.63) is 71.3 Å². The Morgan fingerprint density at radius 1 is 0.966 bits per heavy atom. The lowest BCUT2D eigenvalue weighted by Gasteiger charge is -2.33. The molecular weight excluding hydrogens is 372 g/mol. The van der Waals surface area contributed by atoms with Crippen LogP contribution in [0.2, 0.25) is 0 Å². The highest BCUT2D eigenvalue weighted by atomic mass is 19.2. The average Bonchev–Trinajstić information content (AvgIpc) is 3.23. The van der Waals surface area contributed by atoms with E-state index in [-0.39, 0.29) is 12.1 Å². The number of nitrogens with one attached hydrogen (secondary N) is 1. The molecule has 2 fully saturated rings. The van der Waals surface area contributed by atoms with E-state index in [1.54, 1.807) is 6.07 Å². The van der Waals surface area contributed by atoms with E-state index in [0.717, 1.165) is 51.0 Å². The molecule has 4 rings (SSSR count). The summed E-state index contributed by atoms with van der Waals surface area (Å²) in [5, 5.41) is 3.18. The number of piperidine rings is 1. The van der Waals surface area contributed by atoms with Gasteiger partial charge < -0.3 is 10.2 Å². The molecule has 0 aromatic heterocycles. The summed E-state index contributed by atoms with van der Waals surface area (Å²) in [6.45, 7) is 3.82. The lowest BCUT2D eigenvalue weighted by atomic mass is 9.99. The van der Waals surface area contributed by atoms with Gasteiger partial charge in [-0.3, -0.25) is 4.90 Å². The Balaban J connectivity index is 1.22. The molecule has 1 N–H and O–H groups in total. The van der Waals surface area contributed by atoms with Crippen molar-refractivity contribution < 1.29 is 13.6 Å². The van der Waals surface area contributed by atoms with Gasteiger partial charge in [0.25, 0.3) is 0 Å². The van der Waals surface area contributed by atoms with Gasteiger partial charge in [0.05, 0.1) is 0 Å². The van der Waals surface area contributed by atoms with Crippen molar-refractivity contribution >= 4 is 6.03 Å². The fraction of sp³-hybridized carbons (Fsp3) is 0.435. The van der Waals surface area contributed by atoms with Gasteiger partial charge in [-0.2, -0.15) is 0 Å².